The summed E-state index contributed by atoms with van der Waals surface area (Å²) >= 11 is 0. The van der Waals surface area contributed by atoms with Gasteiger partial charge in [0.2, 0.25) is 0 Å². The first-order chi connectivity index (χ1) is 6.18. The van der Waals surface area contributed by atoms with Gasteiger partial charge >= 0.3 is 0 Å². The summed E-state index contributed by atoms with van der Waals surface area (Å²) < 4.78 is 5.07. The van der Waals surface area contributed by atoms with Crippen molar-refractivity contribution in [3.05, 3.63) is 0 Å². The van der Waals surface area contributed by atoms with Gasteiger partial charge in [0.05, 0.1) is 6.10 Å². The number of aliphatic hydroxyl groups excluding tert-OH is 1. The highest BCUT2D eigenvalue weighted by molar-refractivity contribution is 4.94. The van der Waals surface area contributed by atoms with Gasteiger partial charge in [-0.25, -0.2) is 0 Å². The second-order valence-electron chi connectivity index (χ2n) is 4.22. The zero-order valence-corrected chi connectivity index (χ0v) is 8.68. The van der Waals surface area contributed by atoms with E-state index in [1.807, 2.05) is 6.92 Å². The lowest BCUT2D eigenvalue weighted by Gasteiger charge is -2.16. The number of methoxy groups -OCH3 is 1. The molecule has 1 saturated carbocycles. The van der Waals surface area contributed by atoms with Gasteiger partial charge in [0, 0.05) is 26.8 Å². The molecule has 13 heavy (non-hydrogen) atoms. The molecular weight excluding hydrogens is 166 g/mol. The lowest BCUT2D eigenvalue weighted by Crippen LogP contribution is -2.30. The number of hydrogen-bond acceptors (Lipinski definition) is 3. The predicted molar refractivity (Wildman–Crippen MR) is 52.7 cm³/mol. The summed E-state index contributed by atoms with van der Waals surface area (Å²) in [6.45, 7) is 4.40. The van der Waals surface area contributed by atoms with Gasteiger partial charge in [-0.1, -0.05) is 0 Å². The van der Waals surface area contributed by atoms with E-state index in [9.17, 15) is 0 Å². The maximum Gasteiger partial charge on any atom is 0.0636 e. The number of rotatable bonds is 7. The maximum absolute atomic E-state index is 9.06. The third-order valence-electron chi connectivity index (χ3n) is 2.73. The number of ether oxygens (including phenoxy) is 1. The van der Waals surface area contributed by atoms with Gasteiger partial charge in [-0.15, -0.1) is 0 Å². The molecule has 0 aromatic carbocycles. The quantitative estimate of drug-likeness (QED) is 0.618. The molecular formula is C10H21NO2. The summed E-state index contributed by atoms with van der Waals surface area (Å²) in [6.07, 6.45) is 3.53. The molecule has 1 atom stereocenters. The molecule has 1 aliphatic rings. The van der Waals surface area contributed by atoms with Crippen molar-refractivity contribution in [1.82, 2.24) is 5.32 Å². The third kappa shape index (κ3) is 4.07. The fraction of sp³-hybridized carbons (Fsp3) is 1.00. The van der Waals surface area contributed by atoms with E-state index < -0.39 is 0 Å². The first-order valence-corrected chi connectivity index (χ1v) is 5.06. The van der Waals surface area contributed by atoms with E-state index in [1.54, 1.807) is 7.11 Å². The zero-order chi connectivity index (χ0) is 9.73. The average Bonchev–Trinajstić information content (AvgIpc) is 2.82. The van der Waals surface area contributed by atoms with Crippen LogP contribution in [0, 0.1) is 5.41 Å². The fourth-order valence-corrected chi connectivity index (χ4v) is 1.56. The van der Waals surface area contributed by atoms with Crippen molar-refractivity contribution in [3.63, 3.8) is 0 Å². The molecule has 2 N–H and O–H groups in total. The highest BCUT2D eigenvalue weighted by Gasteiger charge is 2.41. The average molecular weight is 187 g/mol. The van der Waals surface area contributed by atoms with Crippen molar-refractivity contribution in [1.29, 1.82) is 0 Å². The highest BCUT2D eigenvalue weighted by Crippen LogP contribution is 2.48. The van der Waals surface area contributed by atoms with Crippen LogP contribution in [0.15, 0.2) is 0 Å². The summed E-state index contributed by atoms with van der Waals surface area (Å²) in [5.74, 6) is 0. The second kappa shape index (κ2) is 4.94. The zero-order valence-electron chi connectivity index (χ0n) is 8.68. The Labute approximate surface area is 80.5 Å². The summed E-state index contributed by atoms with van der Waals surface area (Å²) in [5.41, 5.74) is 0.491. The van der Waals surface area contributed by atoms with E-state index in [0.717, 1.165) is 19.6 Å². The molecule has 0 amide bonds. The minimum atomic E-state index is -0.238. The Balaban J connectivity index is 2.05. The van der Waals surface area contributed by atoms with Gasteiger partial charge in [0.25, 0.3) is 0 Å². The van der Waals surface area contributed by atoms with E-state index in [-0.39, 0.29) is 6.10 Å². The Morgan fingerprint density at radius 1 is 1.54 bits per heavy atom. The van der Waals surface area contributed by atoms with E-state index >= 15 is 0 Å². The molecule has 0 aromatic rings. The molecule has 0 aliphatic heterocycles. The van der Waals surface area contributed by atoms with Crippen molar-refractivity contribution in [2.75, 3.05) is 26.8 Å². The van der Waals surface area contributed by atoms with Gasteiger partial charge in [0.15, 0.2) is 0 Å². The molecule has 78 valence electrons. The van der Waals surface area contributed by atoms with Crippen molar-refractivity contribution in [2.24, 2.45) is 5.41 Å². The molecule has 1 fully saturated rings. The van der Waals surface area contributed by atoms with Crippen molar-refractivity contribution < 1.29 is 9.84 Å². The minimum absolute atomic E-state index is 0.238. The second-order valence-corrected chi connectivity index (χ2v) is 4.22. The SMILES string of the molecule is COCCC1(CNCC(C)O)CC1. The molecule has 1 rings (SSSR count). The number of hydrogen-bond donors (Lipinski definition) is 2. The Kier molecular flexibility index (Phi) is 4.16. The van der Waals surface area contributed by atoms with Gasteiger partial charge in [0.1, 0.15) is 0 Å². The Bertz CT molecular complexity index is 144. The maximum atomic E-state index is 9.06. The first-order valence-electron chi connectivity index (χ1n) is 5.06. The number of aliphatic hydroxyl groups is 1. The Morgan fingerprint density at radius 3 is 2.69 bits per heavy atom. The predicted octanol–water partition coefficient (Wildman–Crippen LogP) is 0.773. The van der Waals surface area contributed by atoms with Crippen LogP contribution >= 0.6 is 0 Å². The van der Waals surface area contributed by atoms with Crippen LogP contribution < -0.4 is 5.32 Å². The van der Waals surface area contributed by atoms with E-state index in [0.29, 0.717) is 12.0 Å². The molecule has 0 spiro atoms. The van der Waals surface area contributed by atoms with E-state index in [4.69, 9.17) is 9.84 Å². The molecule has 0 saturated heterocycles. The van der Waals surface area contributed by atoms with Crippen LogP contribution in [0.5, 0.6) is 0 Å². The van der Waals surface area contributed by atoms with Crippen LogP contribution in [-0.4, -0.2) is 38.0 Å². The van der Waals surface area contributed by atoms with Crippen LogP contribution in [0.1, 0.15) is 26.2 Å². The molecule has 0 aromatic heterocycles. The van der Waals surface area contributed by atoms with Crippen LogP contribution in [0.3, 0.4) is 0 Å². The van der Waals surface area contributed by atoms with Crippen molar-refractivity contribution in [2.45, 2.75) is 32.3 Å². The Hall–Kier alpha value is -0.120. The normalized spacial score (nSPS) is 21.5. The van der Waals surface area contributed by atoms with Crippen LogP contribution in [-0.2, 0) is 4.74 Å². The minimum Gasteiger partial charge on any atom is -0.392 e. The van der Waals surface area contributed by atoms with Crippen LogP contribution in [0.2, 0.25) is 0 Å². The van der Waals surface area contributed by atoms with E-state index in [1.165, 1.54) is 12.8 Å². The molecule has 3 nitrogen and oxygen atoms in total. The topological polar surface area (TPSA) is 41.5 Å². The molecule has 3 heteroatoms. The number of nitrogens with one attached hydrogen (secondary N) is 1. The summed E-state index contributed by atoms with van der Waals surface area (Å²) in [5, 5.41) is 12.3. The molecule has 0 radical (unpaired) electrons. The van der Waals surface area contributed by atoms with Crippen molar-refractivity contribution >= 4 is 0 Å². The molecule has 0 bridgehead atoms. The largest absolute Gasteiger partial charge is 0.392 e. The van der Waals surface area contributed by atoms with Crippen LogP contribution in [0.4, 0.5) is 0 Å². The van der Waals surface area contributed by atoms with Crippen molar-refractivity contribution in [3.8, 4) is 0 Å². The summed E-state index contributed by atoms with van der Waals surface area (Å²) in [6, 6.07) is 0. The molecule has 0 heterocycles. The monoisotopic (exact) mass is 187 g/mol. The summed E-state index contributed by atoms with van der Waals surface area (Å²) in [4.78, 5) is 0. The molecule has 1 aliphatic carbocycles. The molecule has 1 unspecified atom stereocenters. The standard InChI is InChI=1S/C10H21NO2/c1-9(12)7-11-8-10(3-4-10)5-6-13-2/h9,11-12H,3-8H2,1-2H3. The summed E-state index contributed by atoms with van der Waals surface area (Å²) in [7, 11) is 1.75. The Morgan fingerprint density at radius 2 is 2.23 bits per heavy atom. The first kappa shape index (κ1) is 11.0. The van der Waals surface area contributed by atoms with Gasteiger partial charge in [-0.3, -0.25) is 0 Å². The highest BCUT2D eigenvalue weighted by atomic mass is 16.5. The van der Waals surface area contributed by atoms with E-state index in [2.05, 4.69) is 5.32 Å². The van der Waals surface area contributed by atoms with Crippen LogP contribution in [0.25, 0.3) is 0 Å². The fourth-order valence-electron chi connectivity index (χ4n) is 1.56. The lowest BCUT2D eigenvalue weighted by atomic mass is 10.0. The third-order valence-corrected chi connectivity index (χ3v) is 2.73. The lowest BCUT2D eigenvalue weighted by molar-refractivity contribution is 0.164. The smallest absolute Gasteiger partial charge is 0.0636 e. The van der Waals surface area contributed by atoms with Gasteiger partial charge in [-0.2, -0.15) is 0 Å². The van der Waals surface area contributed by atoms with Gasteiger partial charge in [-0.05, 0) is 31.6 Å². The van der Waals surface area contributed by atoms with Gasteiger partial charge < -0.3 is 15.2 Å².